The third-order valence-electron chi connectivity index (χ3n) is 9.77. The molecule has 1 aromatic heterocycles. The number of nitrogens with zero attached hydrogens (tertiary/aromatic N) is 1. The number of rotatable bonds is 8. The highest BCUT2D eigenvalue weighted by Gasteiger charge is 2.24. The van der Waals surface area contributed by atoms with Gasteiger partial charge in [0.15, 0.2) is 0 Å². The predicted molar refractivity (Wildman–Crippen MR) is 204 cm³/mol. The van der Waals surface area contributed by atoms with E-state index in [4.69, 9.17) is 10.2 Å². The molecule has 2 aliphatic carbocycles. The van der Waals surface area contributed by atoms with Crippen LogP contribution in [0.25, 0.3) is 0 Å². The number of hydrogen-bond acceptors (Lipinski definition) is 10. The molecular formula is C40H64N6O5. The summed E-state index contributed by atoms with van der Waals surface area (Å²) >= 11 is 0. The Morgan fingerprint density at radius 2 is 1.08 bits per heavy atom. The quantitative estimate of drug-likeness (QED) is 0.169. The number of aromatic nitrogens is 2. The van der Waals surface area contributed by atoms with E-state index in [1.54, 1.807) is 0 Å². The summed E-state index contributed by atoms with van der Waals surface area (Å²) in [5, 5.41) is 49.2. The summed E-state index contributed by atoms with van der Waals surface area (Å²) in [4.78, 5) is 16.1. The Bertz CT molecular complexity index is 1200. The van der Waals surface area contributed by atoms with E-state index >= 15 is 0 Å². The van der Waals surface area contributed by atoms with Crippen LogP contribution in [-0.4, -0.2) is 94.1 Å². The van der Waals surface area contributed by atoms with Gasteiger partial charge in [-0.15, -0.1) is 0 Å². The minimum atomic E-state index is -0.116. The number of hydrogen-bond donors (Lipinski definition) is 9. The van der Waals surface area contributed by atoms with Crippen LogP contribution in [-0.2, 0) is 13.1 Å². The van der Waals surface area contributed by atoms with Crippen LogP contribution >= 0.6 is 0 Å². The Hall–Kier alpha value is -3.00. The van der Waals surface area contributed by atoms with E-state index in [-0.39, 0.29) is 17.8 Å². The van der Waals surface area contributed by atoms with E-state index in [0.717, 1.165) is 52.1 Å². The highest BCUT2D eigenvalue weighted by molar-refractivity contribution is 5.15. The third kappa shape index (κ3) is 18.9. The van der Waals surface area contributed by atoms with E-state index in [9.17, 15) is 15.0 Å². The molecule has 7 rings (SSSR count). The number of nitrogens with one attached hydrogen (secondary N) is 5. The lowest BCUT2D eigenvalue weighted by Gasteiger charge is -2.31. The van der Waals surface area contributed by atoms with Crippen LogP contribution in [0.1, 0.15) is 75.3 Å². The molecule has 2 saturated heterocycles. The fourth-order valence-corrected chi connectivity index (χ4v) is 6.66. The molecule has 3 aromatic rings. The number of β-amino-alcohol motifs (C(OH)–C–C–N with tert-alkyl or cyclic N) is 2. The minimum Gasteiger partial charge on any atom is -0.396 e. The van der Waals surface area contributed by atoms with Crippen molar-refractivity contribution in [2.45, 2.75) is 102 Å². The highest BCUT2D eigenvalue weighted by Crippen LogP contribution is 2.25. The smallest absolute Gasteiger partial charge is 0.250 e. The summed E-state index contributed by atoms with van der Waals surface area (Å²) in [6, 6.07) is 23.3. The van der Waals surface area contributed by atoms with Gasteiger partial charge < -0.3 is 46.7 Å². The van der Waals surface area contributed by atoms with Crippen LogP contribution in [0, 0.1) is 11.8 Å². The fraction of sp³-hybridized carbons (Fsp3) is 0.600. The molecule has 2 aliphatic heterocycles. The first kappa shape index (κ1) is 42.4. The molecule has 284 valence electrons. The molecule has 6 atom stereocenters. The minimum absolute atomic E-state index is 0.0648. The van der Waals surface area contributed by atoms with Crippen molar-refractivity contribution < 1.29 is 20.4 Å². The lowest BCUT2D eigenvalue weighted by Crippen LogP contribution is -2.39. The average Bonchev–Trinajstić information content (AvgIpc) is 3.88. The molecule has 11 heteroatoms. The molecule has 2 saturated carbocycles. The van der Waals surface area contributed by atoms with Gasteiger partial charge in [0.2, 0.25) is 0 Å². The zero-order valence-electron chi connectivity index (χ0n) is 30.3. The standard InChI is InChI=1S/2C14H21NO.C4H4N2O.2C4H9NO/c2*16-11-13-8-4-5-9-14(13)15-10-12-6-2-1-3-7-12;7-4-1-2-5-3-6-4;2*6-4-1-2-5-3-4/h2*1-3,6-7,13-16H,4-5,8-11H2;1-3H,(H,5,6,7);2*4-6H,1-3H2/t2*13-,14-;;2*4-/m00.10/s1. The first-order valence-corrected chi connectivity index (χ1v) is 19.0. The topological polar surface area (TPSA) is 175 Å². The lowest BCUT2D eigenvalue weighted by atomic mass is 9.85. The maximum absolute atomic E-state index is 10.2. The summed E-state index contributed by atoms with van der Waals surface area (Å²) in [5.41, 5.74) is 2.53. The van der Waals surface area contributed by atoms with Gasteiger partial charge in [0, 0.05) is 63.7 Å². The average molecular weight is 709 g/mol. The first-order chi connectivity index (χ1) is 25.0. The van der Waals surface area contributed by atoms with E-state index in [2.05, 4.69) is 79.8 Å². The maximum atomic E-state index is 10.2. The van der Waals surface area contributed by atoms with Crippen molar-refractivity contribution in [2.24, 2.45) is 11.8 Å². The number of aliphatic hydroxyl groups is 4. The van der Waals surface area contributed by atoms with Crippen molar-refractivity contribution in [1.82, 2.24) is 31.2 Å². The molecule has 51 heavy (non-hydrogen) atoms. The van der Waals surface area contributed by atoms with Crippen molar-refractivity contribution >= 4 is 0 Å². The number of benzene rings is 2. The first-order valence-electron chi connectivity index (χ1n) is 19.0. The Morgan fingerprint density at radius 3 is 1.37 bits per heavy atom. The zero-order valence-corrected chi connectivity index (χ0v) is 30.3. The van der Waals surface area contributed by atoms with Gasteiger partial charge in [-0.2, -0.15) is 0 Å². The van der Waals surface area contributed by atoms with Crippen molar-refractivity contribution in [3.8, 4) is 0 Å². The predicted octanol–water partition coefficient (Wildman–Crippen LogP) is 3.11. The maximum Gasteiger partial charge on any atom is 0.250 e. The molecule has 0 bridgehead atoms. The number of H-pyrrole nitrogens is 1. The second-order valence-electron chi connectivity index (χ2n) is 13.8. The molecule has 2 aromatic carbocycles. The van der Waals surface area contributed by atoms with E-state index in [1.807, 2.05) is 12.1 Å². The normalized spacial score (nSPS) is 25.3. The molecular weight excluding hydrogens is 644 g/mol. The van der Waals surface area contributed by atoms with Crippen LogP contribution in [0.5, 0.6) is 0 Å². The summed E-state index contributed by atoms with van der Waals surface area (Å²) in [7, 11) is 0. The van der Waals surface area contributed by atoms with Crippen LogP contribution < -0.4 is 26.8 Å². The van der Waals surface area contributed by atoms with Gasteiger partial charge in [-0.05, 0) is 74.6 Å². The monoisotopic (exact) mass is 708 g/mol. The van der Waals surface area contributed by atoms with Crippen LogP contribution in [0.2, 0.25) is 0 Å². The molecule has 0 spiro atoms. The molecule has 0 radical (unpaired) electrons. The van der Waals surface area contributed by atoms with Gasteiger partial charge in [-0.1, -0.05) is 86.3 Å². The summed E-state index contributed by atoms with van der Waals surface area (Å²) < 4.78 is 0. The van der Waals surface area contributed by atoms with Gasteiger partial charge in [0.05, 0.1) is 18.5 Å². The van der Waals surface area contributed by atoms with Crippen LogP contribution in [0.3, 0.4) is 0 Å². The fourth-order valence-electron chi connectivity index (χ4n) is 6.66. The largest absolute Gasteiger partial charge is 0.396 e. The van der Waals surface area contributed by atoms with Crippen LogP contribution in [0.4, 0.5) is 0 Å². The lowest BCUT2D eigenvalue weighted by molar-refractivity contribution is 0.152. The third-order valence-corrected chi connectivity index (χ3v) is 9.77. The Balaban J connectivity index is 0.000000185. The van der Waals surface area contributed by atoms with Gasteiger partial charge in [-0.25, -0.2) is 4.98 Å². The van der Waals surface area contributed by atoms with E-state index in [1.165, 1.54) is 81.1 Å². The highest BCUT2D eigenvalue weighted by atomic mass is 16.3. The van der Waals surface area contributed by atoms with Crippen molar-refractivity contribution in [2.75, 3.05) is 39.4 Å². The number of aromatic amines is 1. The Kier molecular flexibility index (Phi) is 22.2. The molecule has 4 aliphatic rings. The Morgan fingerprint density at radius 1 is 0.627 bits per heavy atom. The summed E-state index contributed by atoms with van der Waals surface area (Å²) in [6.45, 7) is 6.05. The summed E-state index contributed by atoms with van der Waals surface area (Å²) in [6.07, 6.45) is 14.4. The van der Waals surface area contributed by atoms with Crippen molar-refractivity contribution in [3.05, 3.63) is 101 Å². The molecule has 3 heterocycles. The molecule has 11 nitrogen and oxygen atoms in total. The molecule has 4 fully saturated rings. The van der Waals surface area contributed by atoms with Gasteiger partial charge in [0.1, 0.15) is 0 Å². The van der Waals surface area contributed by atoms with Gasteiger partial charge >= 0.3 is 0 Å². The van der Waals surface area contributed by atoms with E-state index in [0.29, 0.717) is 37.1 Å². The SMILES string of the molecule is O=c1ccnc[nH]1.OC[C@@H]1CCCC[C@@H]1NCc1ccccc1.OC[C@@H]1CCCC[C@@H]1NCc1ccccc1.O[C@@H]1CCNC1.O[C@H]1CCNC1. The zero-order chi connectivity index (χ0) is 36.4. The molecule has 9 N–H and O–H groups in total. The van der Waals surface area contributed by atoms with Crippen molar-refractivity contribution in [3.63, 3.8) is 0 Å². The van der Waals surface area contributed by atoms with E-state index < -0.39 is 0 Å². The second-order valence-corrected chi connectivity index (χ2v) is 13.8. The number of aliphatic hydroxyl groups excluding tert-OH is 4. The Labute approximate surface area is 304 Å². The van der Waals surface area contributed by atoms with Crippen molar-refractivity contribution in [1.29, 1.82) is 0 Å². The molecule has 0 amide bonds. The van der Waals surface area contributed by atoms with Gasteiger partial charge in [-0.3, -0.25) is 4.79 Å². The van der Waals surface area contributed by atoms with Crippen LogP contribution in [0.15, 0.2) is 84.0 Å². The summed E-state index contributed by atoms with van der Waals surface area (Å²) in [5.74, 6) is 0.912. The van der Waals surface area contributed by atoms with Gasteiger partial charge in [0.25, 0.3) is 5.56 Å². The second kappa shape index (κ2) is 26.7. The molecule has 0 unspecified atom stereocenters.